The second-order valence-electron chi connectivity index (χ2n) is 7.23. The first-order valence-corrected chi connectivity index (χ1v) is 13.8. The Labute approximate surface area is 172 Å². The molecule has 3 rings (SSSR count). The molecule has 28 heavy (non-hydrogen) atoms. The Bertz CT molecular complexity index is 1090. The van der Waals surface area contributed by atoms with Crippen molar-refractivity contribution in [2.24, 2.45) is 4.40 Å². The molecule has 0 aliphatic heterocycles. The number of halogens is 1. The van der Waals surface area contributed by atoms with Crippen LogP contribution in [0.15, 0.2) is 88.2 Å². The highest BCUT2D eigenvalue weighted by Crippen LogP contribution is 2.21. The number of rotatable bonds is 5. The van der Waals surface area contributed by atoms with E-state index in [2.05, 4.69) is 17.5 Å². The quantitative estimate of drug-likeness (QED) is 0.425. The average Bonchev–Trinajstić information content (AvgIpc) is 2.68. The van der Waals surface area contributed by atoms with E-state index < -0.39 is 18.1 Å². The van der Waals surface area contributed by atoms with Gasteiger partial charge in [-0.1, -0.05) is 90.0 Å². The minimum absolute atomic E-state index is 0.197. The summed E-state index contributed by atoms with van der Waals surface area (Å²) in [5, 5.41) is 2.32. The lowest BCUT2D eigenvalue weighted by Crippen LogP contribution is -2.50. The summed E-state index contributed by atoms with van der Waals surface area (Å²) in [4.78, 5) is 0.197. The van der Waals surface area contributed by atoms with E-state index in [1.165, 1.54) is 0 Å². The number of hydrogen-bond acceptors (Lipinski definition) is 2. The molecule has 0 unspecified atom stereocenters. The van der Waals surface area contributed by atoms with Crippen molar-refractivity contribution in [2.45, 2.75) is 24.9 Å². The molecule has 0 N–H and O–H groups in total. The van der Waals surface area contributed by atoms with Crippen LogP contribution in [0, 0.1) is 6.92 Å². The zero-order valence-electron chi connectivity index (χ0n) is 16.1. The van der Waals surface area contributed by atoms with Crippen LogP contribution in [-0.4, -0.2) is 21.8 Å². The van der Waals surface area contributed by atoms with E-state index >= 15 is 0 Å². The van der Waals surface area contributed by atoms with Crippen molar-refractivity contribution in [3.63, 3.8) is 0 Å². The van der Waals surface area contributed by atoms with Crippen LogP contribution in [0.3, 0.4) is 0 Å². The molecule has 3 aromatic rings. The molecule has 0 spiro atoms. The maximum atomic E-state index is 13.1. The maximum absolute atomic E-state index is 13.1. The fourth-order valence-electron chi connectivity index (χ4n) is 3.01. The molecule has 0 saturated carbocycles. The number of nitrogens with zero attached hydrogens (tertiary/aromatic N) is 1. The van der Waals surface area contributed by atoms with Crippen molar-refractivity contribution in [3.8, 4) is 0 Å². The largest absolute Gasteiger partial charge is 0.282 e. The number of hydrogen-bond donors (Lipinski definition) is 0. The molecule has 0 heterocycles. The third-order valence-corrected chi connectivity index (χ3v) is 9.80. The SMILES string of the molecule is Cc1ccc(S(=O)(=O)/N=C(\c2ccc(Cl)cc2)[Si](C)(C)c2ccccc2)cc1. The molecular formula is C22H22ClNO2SSi. The topological polar surface area (TPSA) is 46.5 Å². The first-order valence-electron chi connectivity index (χ1n) is 8.94. The van der Waals surface area contributed by atoms with Crippen molar-refractivity contribution in [1.82, 2.24) is 0 Å². The smallest absolute Gasteiger partial charge is 0.199 e. The van der Waals surface area contributed by atoms with Crippen LogP contribution in [-0.2, 0) is 10.0 Å². The predicted octanol–water partition coefficient (Wildman–Crippen LogP) is 4.98. The van der Waals surface area contributed by atoms with Gasteiger partial charge in [-0.05, 0) is 36.8 Å². The number of aryl methyl sites for hydroxylation is 1. The first-order chi connectivity index (χ1) is 13.2. The molecule has 3 nitrogen and oxygen atoms in total. The zero-order chi connectivity index (χ0) is 20.4. The summed E-state index contributed by atoms with van der Waals surface area (Å²) in [6.07, 6.45) is 0. The highest BCUT2D eigenvalue weighted by atomic mass is 35.5. The summed E-state index contributed by atoms with van der Waals surface area (Å²) >= 11 is 6.04. The average molecular weight is 428 g/mol. The summed E-state index contributed by atoms with van der Waals surface area (Å²) in [5.41, 5.74) is 1.78. The maximum Gasteiger partial charge on any atom is 0.282 e. The molecule has 0 aliphatic rings. The normalized spacial score (nSPS) is 12.8. The van der Waals surface area contributed by atoms with Gasteiger partial charge < -0.3 is 0 Å². The molecule has 0 bridgehead atoms. The van der Waals surface area contributed by atoms with Gasteiger partial charge in [0.25, 0.3) is 10.0 Å². The van der Waals surface area contributed by atoms with E-state index in [0.29, 0.717) is 10.4 Å². The lowest BCUT2D eigenvalue weighted by Gasteiger charge is -2.25. The zero-order valence-corrected chi connectivity index (χ0v) is 18.6. The second kappa shape index (κ2) is 8.03. The van der Waals surface area contributed by atoms with Gasteiger partial charge in [0, 0.05) is 10.4 Å². The fourth-order valence-corrected chi connectivity index (χ4v) is 7.53. The molecule has 0 aromatic heterocycles. The molecule has 0 saturated heterocycles. The van der Waals surface area contributed by atoms with E-state index in [4.69, 9.17) is 11.6 Å². The van der Waals surface area contributed by atoms with Gasteiger partial charge in [-0.3, -0.25) is 0 Å². The Morgan fingerprint density at radius 2 is 1.43 bits per heavy atom. The van der Waals surface area contributed by atoms with Gasteiger partial charge >= 0.3 is 0 Å². The van der Waals surface area contributed by atoms with E-state index in [-0.39, 0.29) is 4.90 Å². The lowest BCUT2D eigenvalue weighted by molar-refractivity contribution is 0.598. The van der Waals surface area contributed by atoms with Gasteiger partial charge in [0.1, 0.15) is 8.07 Å². The van der Waals surface area contributed by atoms with E-state index in [0.717, 1.165) is 16.3 Å². The van der Waals surface area contributed by atoms with Crippen molar-refractivity contribution in [3.05, 3.63) is 95.0 Å². The Morgan fingerprint density at radius 3 is 2.00 bits per heavy atom. The highest BCUT2D eigenvalue weighted by Gasteiger charge is 2.33. The highest BCUT2D eigenvalue weighted by molar-refractivity contribution is 7.90. The first kappa shape index (κ1) is 20.5. The molecule has 0 radical (unpaired) electrons. The van der Waals surface area contributed by atoms with Crippen LogP contribution in [0.25, 0.3) is 0 Å². The van der Waals surface area contributed by atoms with Crippen molar-refractivity contribution in [1.29, 1.82) is 0 Å². The van der Waals surface area contributed by atoms with Crippen molar-refractivity contribution >= 4 is 40.2 Å². The molecule has 0 atom stereocenters. The van der Waals surface area contributed by atoms with Crippen LogP contribution < -0.4 is 5.19 Å². The molecule has 3 aromatic carbocycles. The van der Waals surface area contributed by atoms with Gasteiger partial charge in [0.2, 0.25) is 0 Å². The third-order valence-electron chi connectivity index (χ3n) is 4.74. The second-order valence-corrected chi connectivity index (χ2v) is 13.6. The Morgan fingerprint density at radius 1 is 0.857 bits per heavy atom. The third kappa shape index (κ3) is 4.43. The minimum atomic E-state index is -3.84. The molecule has 0 aliphatic carbocycles. The molecule has 0 fully saturated rings. The van der Waals surface area contributed by atoms with Gasteiger partial charge in [0.05, 0.1) is 4.90 Å². The van der Waals surface area contributed by atoms with Gasteiger partial charge in [-0.25, -0.2) is 0 Å². The standard InChI is InChI=1S/C22H22ClNO2SSi/c1-17-9-15-20(16-10-17)27(25,26)24-22(18-11-13-19(23)14-12-18)28(2,3)21-7-5-4-6-8-21/h4-16H,1-3H3/b24-22+. The van der Waals surface area contributed by atoms with Crippen LogP contribution in [0.2, 0.25) is 18.1 Å². The lowest BCUT2D eigenvalue weighted by atomic mass is 10.2. The van der Waals surface area contributed by atoms with E-state index in [1.807, 2.05) is 49.4 Å². The van der Waals surface area contributed by atoms with E-state index in [9.17, 15) is 8.42 Å². The fraction of sp³-hybridized carbons (Fsp3) is 0.136. The summed E-state index contributed by atoms with van der Waals surface area (Å²) in [6, 6.07) is 23.9. The van der Waals surface area contributed by atoms with Gasteiger partial charge in [-0.2, -0.15) is 12.8 Å². The molecule has 0 amide bonds. The van der Waals surface area contributed by atoms with Gasteiger partial charge in [0.15, 0.2) is 0 Å². The summed E-state index contributed by atoms with van der Waals surface area (Å²) < 4.78 is 30.5. The Hall–Kier alpha value is -2.21. The van der Waals surface area contributed by atoms with Gasteiger partial charge in [-0.15, -0.1) is 0 Å². The minimum Gasteiger partial charge on any atom is -0.199 e. The van der Waals surface area contributed by atoms with Crippen LogP contribution in [0.1, 0.15) is 11.1 Å². The number of benzene rings is 3. The number of sulfonamides is 1. The van der Waals surface area contributed by atoms with Crippen molar-refractivity contribution in [2.75, 3.05) is 0 Å². The molecule has 144 valence electrons. The molecule has 6 heteroatoms. The van der Waals surface area contributed by atoms with E-state index in [1.54, 1.807) is 36.4 Å². The monoisotopic (exact) mass is 427 g/mol. The molecular weight excluding hydrogens is 406 g/mol. The summed E-state index contributed by atoms with van der Waals surface area (Å²) in [7, 11) is -6.23. The van der Waals surface area contributed by atoms with Crippen LogP contribution in [0.4, 0.5) is 0 Å². The van der Waals surface area contributed by atoms with Crippen molar-refractivity contribution < 1.29 is 8.42 Å². The Kier molecular flexibility index (Phi) is 5.89. The van der Waals surface area contributed by atoms with Crippen LogP contribution in [0.5, 0.6) is 0 Å². The summed E-state index contributed by atoms with van der Waals surface area (Å²) in [6.45, 7) is 6.14. The Balaban J connectivity index is 2.20. The van der Waals surface area contributed by atoms with Crippen LogP contribution >= 0.6 is 11.6 Å². The predicted molar refractivity (Wildman–Crippen MR) is 120 cm³/mol. The summed E-state index contributed by atoms with van der Waals surface area (Å²) in [5.74, 6) is 0.